The molecule has 0 bridgehead atoms. The Bertz CT molecular complexity index is 682. The quantitative estimate of drug-likeness (QED) is 0.300. The fraction of sp³-hybridized carbons (Fsp3) is 0.588. The van der Waals surface area contributed by atoms with E-state index >= 15 is 0 Å². The number of halogens is 1. The lowest BCUT2D eigenvalue weighted by Gasteiger charge is -2.42. The molecular formula is C17H25BrN6O. The minimum absolute atomic E-state index is 0.0708. The SMILES string of the molecule is CC1(C)CCC(NC(=NC#N)Nc2cccnc2Br)CC(C)(C)N1O. The number of anilines is 1. The van der Waals surface area contributed by atoms with Gasteiger partial charge in [-0.25, -0.2) is 4.98 Å². The molecule has 7 nitrogen and oxygen atoms in total. The van der Waals surface area contributed by atoms with E-state index in [0.29, 0.717) is 17.0 Å². The van der Waals surface area contributed by atoms with Gasteiger partial charge in [0.05, 0.1) is 5.69 Å². The summed E-state index contributed by atoms with van der Waals surface area (Å²) in [6.07, 6.45) is 5.89. The van der Waals surface area contributed by atoms with Crippen LogP contribution in [0.15, 0.2) is 27.9 Å². The Labute approximate surface area is 157 Å². The standard InChI is InChI=1S/C17H25BrN6O/c1-16(2)8-7-12(10-17(3,4)24(16)25)22-15(21-11-19)23-13-6-5-9-20-14(13)18/h5-6,9,12,25H,7-8,10H2,1-4H3,(H2,21,22,23). The molecule has 1 aromatic rings. The van der Waals surface area contributed by atoms with Crippen molar-refractivity contribution in [2.24, 2.45) is 4.99 Å². The number of nitrogens with one attached hydrogen (secondary N) is 2. The summed E-state index contributed by atoms with van der Waals surface area (Å²) in [7, 11) is 0. The molecule has 1 aliphatic rings. The van der Waals surface area contributed by atoms with Gasteiger partial charge in [0.2, 0.25) is 12.2 Å². The molecule has 25 heavy (non-hydrogen) atoms. The Kier molecular flexibility index (Phi) is 6.03. The van der Waals surface area contributed by atoms with Crippen LogP contribution in [0.3, 0.4) is 0 Å². The fourth-order valence-corrected chi connectivity index (χ4v) is 3.66. The van der Waals surface area contributed by atoms with Crippen LogP contribution in [0.1, 0.15) is 47.0 Å². The number of hydrogen-bond acceptors (Lipinski definition) is 5. The zero-order chi connectivity index (χ0) is 18.7. The lowest BCUT2D eigenvalue weighted by Crippen LogP contribution is -2.53. The summed E-state index contributed by atoms with van der Waals surface area (Å²) in [5.41, 5.74) is 0.0114. The molecule has 0 aliphatic carbocycles. The Balaban J connectivity index is 2.16. The van der Waals surface area contributed by atoms with Crippen molar-refractivity contribution >= 4 is 27.6 Å². The summed E-state index contributed by atoms with van der Waals surface area (Å²) in [4.78, 5) is 8.02. The molecule has 1 atom stereocenters. The maximum atomic E-state index is 10.6. The Morgan fingerprint density at radius 2 is 2.16 bits per heavy atom. The summed E-state index contributed by atoms with van der Waals surface area (Å²) in [6, 6.07) is 3.72. The third kappa shape index (κ3) is 4.91. The highest BCUT2D eigenvalue weighted by Gasteiger charge is 2.42. The van der Waals surface area contributed by atoms with Crippen molar-refractivity contribution < 1.29 is 5.21 Å². The number of hydroxylamine groups is 2. The van der Waals surface area contributed by atoms with E-state index in [4.69, 9.17) is 5.26 Å². The monoisotopic (exact) mass is 408 g/mol. The molecule has 1 aromatic heterocycles. The van der Waals surface area contributed by atoms with Crippen LogP contribution in [-0.2, 0) is 0 Å². The minimum atomic E-state index is -0.399. The van der Waals surface area contributed by atoms with E-state index in [1.54, 1.807) is 12.3 Å². The zero-order valence-corrected chi connectivity index (χ0v) is 16.6. The number of pyridine rings is 1. The van der Waals surface area contributed by atoms with Crippen molar-refractivity contribution in [1.82, 2.24) is 15.4 Å². The lowest BCUT2D eigenvalue weighted by atomic mass is 9.94. The summed E-state index contributed by atoms with van der Waals surface area (Å²) >= 11 is 3.38. The summed E-state index contributed by atoms with van der Waals surface area (Å²) < 4.78 is 0.645. The van der Waals surface area contributed by atoms with Gasteiger partial charge in [-0.2, -0.15) is 10.3 Å². The van der Waals surface area contributed by atoms with E-state index < -0.39 is 5.54 Å². The van der Waals surface area contributed by atoms with Gasteiger partial charge in [-0.05, 0) is 75.0 Å². The van der Waals surface area contributed by atoms with E-state index in [2.05, 4.69) is 36.5 Å². The molecule has 1 unspecified atom stereocenters. The molecule has 0 amide bonds. The average molecular weight is 409 g/mol. The number of aromatic nitrogens is 1. The highest BCUT2D eigenvalue weighted by atomic mass is 79.9. The predicted molar refractivity (Wildman–Crippen MR) is 101 cm³/mol. The normalized spacial score (nSPS) is 23.4. The third-order valence-corrected chi connectivity index (χ3v) is 5.14. The second kappa shape index (κ2) is 7.68. The van der Waals surface area contributed by atoms with Crippen molar-refractivity contribution in [3.05, 3.63) is 22.9 Å². The number of guanidine groups is 1. The van der Waals surface area contributed by atoms with Gasteiger partial charge in [-0.3, -0.25) is 0 Å². The van der Waals surface area contributed by atoms with Crippen LogP contribution >= 0.6 is 15.9 Å². The molecule has 3 N–H and O–H groups in total. The summed E-state index contributed by atoms with van der Waals surface area (Å²) in [5.74, 6) is 0.376. The van der Waals surface area contributed by atoms with Crippen LogP contribution in [0, 0.1) is 11.5 Å². The first-order valence-electron chi connectivity index (χ1n) is 8.26. The maximum Gasteiger partial charge on any atom is 0.212 e. The van der Waals surface area contributed by atoms with Gasteiger partial charge in [0, 0.05) is 23.3 Å². The third-order valence-electron chi connectivity index (χ3n) is 4.51. The van der Waals surface area contributed by atoms with Crippen molar-refractivity contribution in [2.45, 2.75) is 64.1 Å². The van der Waals surface area contributed by atoms with Crippen LogP contribution < -0.4 is 10.6 Å². The maximum absolute atomic E-state index is 10.6. The number of hydrogen-bond donors (Lipinski definition) is 3. The van der Waals surface area contributed by atoms with Crippen molar-refractivity contribution in [1.29, 1.82) is 5.26 Å². The second-order valence-corrected chi connectivity index (χ2v) is 8.30. The van der Waals surface area contributed by atoms with E-state index in [1.165, 1.54) is 5.06 Å². The lowest BCUT2D eigenvalue weighted by molar-refractivity contribution is -0.221. The topological polar surface area (TPSA) is 96.6 Å². The van der Waals surface area contributed by atoms with E-state index in [9.17, 15) is 5.21 Å². The number of rotatable bonds is 2. The summed E-state index contributed by atoms with van der Waals surface area (Å²) in [6.45, 7) is 8.10. The molecule has 1 fully saturated rings. The van der Waals surface area contributed by atoms with Crippen LogP contribution in [-0.4, -0.2) is 38.3 Å². The van der Waals surface area contributed by atoms with Gasteiger partial charge < -0.3 is 15.8 Å². The molecule has 1 aliphatic heterocycles. The molecule has 8 heteroatoms. The smallest absolute Gasteiger partial charge is 0.212 e. The van der Waals surface area contributed by atoms with E-state index in [0.717, 1.165) is 18.5 Å². The first-order valence-corrected chi connectivity index (χ1v) is 9.05. The predicted octanol–water partition coefficient (Wildman–Crippen LogP) is 3.48. The van der Waals surface area contributed by atoms with Gasteiger partial charge in [-0.15, -0.1) is 4.99 Å². The van der Waals surface area contributed by atoms with Crippen LogP contribution in [0.4, 0.5) is 5.69 Å². The Morgan fingerprint density at radius 3 is 2.80 bits per heavy atom. The minimum Gasteiger partial charge on any atom is -0.352 e. The Morgan fingerprint density at radius 1 is 1.44 bits per heavy atom. The molecular weight excluding hydrogens is 384 g/mol. The number of aliphatic imine (C=N–C) groups is 1. The highest BCUT2D eigenvalue weighted by Crippen LogP contribution is 2.35. The van der Waals surface area contributed by atoms with Crippen LogP contribution in [0.2, 0.25) is 0 Å². The van der Waals surface area contributed by atoms with Crippen LogP contribution in [0.5, 0.6) is 0 Å². The number of nitrogens with zero attached hydrogens (tertiary/aromatic N) is 4. The van der Waals surface area contributed by atoms with Gasteiger partial charge in [0.15, 0.2) is 0 Å². The van der Waals surface area contributed by atoms with Crippen LogP contribution in [0.25, 0.3) is 0 Å². The molecule has 2 rings (SSSR count). The van der Waals surface area contributed by atoms with Crippen molar-refractivity contribution in [2.75, 3.05) is 5.32 Å². The molecule has 1 saturated heterocycles. The van der Waals surface area contributed by atoms with Gasteiger partial charge in [-0.1, -0.05) is 0 Å². The van der Waals surface area contributed by atoms with Crippen molar-refractivity contribution in [3.8, 4) is 6.19 Å². The first-order chi connectivity index (χ1) is 11.7. The average Bonchev–Trinajstić information content (AvgIpc) is 2.60. The van der Waals surface area contributed by atoms with E-state index in [-0.39, 0.29) is 11.6 Å². The molecule has 2 heterocycles. The first kappa shape index (κ1) is 19.6. The van der Waals surface area contributed by atoms with Gasteiger partial charge in [0.25, 0.3) is 0 Å². The van der Waals surface area contributed by atoms with E-state index in [1.807, 2.05) is 40.0 Å². The van der Waals surface area contributed by atoms with Crippen molar-refractivity contribution in [3.63, 3.8) is 0 Å². The summed E-state index contributed by atoms with van der Waals surface area (Å²) in [5, 5.41) is 27.4. The van der Waals surface area contributed by atoms with Gasteiger partial charge >= 0.3 is 0 Å². The second-order valence-electron chi connectivity index (χ2n) is 7.55. The molecule has 0 saturated carbocycles. The Hall–Kier alpha value is -1.69. The molecule has 0 radical (unpaired) electrons. The number of nitriles is 1. The molecule has 136 valence electrons. The van der Waals surface area contributed by atoms with Gasteiger partial charge in [0.1, 0.15) is 4.60 Å². The molecule has 0 spiro atoms. The molecule has 0 aromatic carbocycles. The zero-order valence-electron chi connectivity index (χ0n) is 15.0. The fourth-order valence-electron chi connectivity index (χ4n) is 3.31. The highest BCUT2D eigenvalue weighted by molar-refractivity contribution is 9.10. The largest absolute Gasteiger partial charge is 0.352 e.